The Morgan fingerprint density at radius 3 is 2.80 bits per heavy atom. The van der Waals surface area contributed by atoms with Gasteiger partial charge in [0.25, 0.3) is 0 Å². The lowest BCUT2D eigenvalue weighted by atomic mass is 10.2. The van der Waals surface area contributed by atoms with Crippen molar-refractivity contribution in [3.63, 3.8) is 0 Å². The number of amides is 1. The van der Waals surface area contributed by atoms with Gasteiger partial charge in [-0.15, -0.1) is 0 Å². The highest BCUT2D eigenvalue weighted by Crippen LogP contribution is 2.36. The molecule has 0 radical (unpaired) electrons. The molecule has 0 fully saturated rings. The number of nitrogens with one attached hydrogen (secondary N) is 2. The van der Waals surface area contributed by atoms with Gasteiger partial charge < -0.3 is 20.1 Å². The van der Waals surface area contributed by atoms with E-state index in [0.717, 1.165) is 28.0 Å². The van der Waals surface area contributed by atoms with Gasteiger partial charge in [-0.1, -0.05) is 22.9 Å². The lowest BCUT2D eigenvalue weighted by Gasteiger charge is -2.14. The van der Waals surface area contributed by atoms with Crippen molar-refractivity contribution in [3.05, 3.63) is 22.2 Å². The van der Waals surface area contributed by atoms with Gasteiger partial charge in [0, 0.05) is 17.6 Å². The molecule has 0 bridgehead atoms. The second-order valence-corrected chi connectivity index (χ2v) is 5.54. The van der Waals surface area contributed by atoms with Gasteiger partial charge in [-0.2, -0.15) is 0 Å². The van der Waals surface area contributed by atoms with Crippen LogP contribution in [0.2, 0.25) is 0 Å². The van der Waals surface area contributed by atoms with Gasteiger partial charge in [-0.3, -0.25) is 4.79 Å². The van der Waals surface area contributed by atoms with Crippen LogP contribution in [0.5, 0.6) is 11.5 Å². The van der Waals surface area contributed by atoms with E-state index in [-0.39, 0.29) is 18.7 Å². The number of carbonyl (C=O) groups excluding carboxylic acids is 1. The summed E-state index contributed by atoms with van der Waals surface area (Å²) in [6.07, 6.45) is 0.937. The van der Waals surface area contributed by atoms with Crippen LogP contribution >= 0.6 is 15.9 Å². The molecule has 0 saturated carbocycles. The molecule has 20 heavy (non-hydrogen) atoms. The number of hydrogen-bond donors (Lipinski definition) is 2. The summed E-state index contributed by atoms with van der Waals surface area (Å²) in [5, 5.41) is 6.07. The average Bonchev–Trinajstić information content (AvgIpc) is 2.88. The Kier molecular flexibility index (Phi) is 5.25. The van der Waals surface area contributed by atoms with Crippen LogP contribution in [-0.2, 0) is 11.3 Å². The maximum Gasteiger partial charge on any atom is 0.236 e. The Morgan fingerprint density at radius 1 is 1.40 bits per heavy atom. The molecule has 1 atom stereocenters. The molecule has 1 aliphatic rings. The second-order valence-electron chi connectivity index (χ2n) is 4.69. The zero-order valence-corrected chi connectivity index (χ0v) is 13.2. The van der Waals surface area contributed by atoms with E-state index in [2.05, 4.69) is 26.6 Å². The highest BCUT2D eigenvalue weighted by molar-refractivity contribution is 9.10. The number of benzene rings is 1. The number of carbonyl (C=O) groups is 1. The van der Waals surface area contributed by atoms with Gasteiger partial charge in [-0.25, -0.2) is 0 Å². The van der Waals surface area contributed by atoms with Gasteiger partial charge in [0.15, 0.2) is 11.5 Å². The molecule has 1 aromatic carbocycles. The summed E-state index contributed by atoms with van der Waals surface area (Å²) in [4.78, 5) is 11.8. The molecule has 1 aliphatic heterocycles. The van der Waals surface area contributed by atoms with E-state index in [9.17, 15) is 4.79 Å². The van der Waals surface area contributed by atoms with Gasteiger partial charge in [0.2, 0.25) is 12.7 Å². The van der Waals surface area contributed by atoms with Crippen molar-refractivity contribution in [2.75, 3.05) is 13.3 Å². The molecule has 0 saturated heterocycles. The minimum Gasteiger partial charge on any atom is -0.454 e. The SMILES string of the molecule is CCCNC(=O)C(C)NCc1cc2c(cc1Br)OCO2. The number of rotatable bonds is 6. The monoisotopic (exact) mass is 342 g/mol. The Balaban J connectivity index is 1.92. The molecule has 1 unspecified atom stereocenters. The minimum atomic E-state index is -0.237. The minimum absolute atomic E-state index is 0.0173. The predicted molar refractivity (Wildman–Crippen MR) is 79.9 cm³/mol. The fourth-order valence-electron chi connectivity index (χ4n) is 1.85. The lowest BCUT2D eigenvalue weighted by molar-refractivity contribution is -0.122. The summed E-state index contributed by atoms with van der Waals surface area (Å²) in [6.45, 7) is 5.43. The topological polar surface area (TPSA) is 59.6 Å². The molecule has 0 spiro atoms. The van der Waals surface area contributed by atoms with Gasteiger partial charge in [0.1, 0.15) is 0 Å². The van der Waals surface area contributed by atoms with Crippen molar-refractivity contribution in [1.82, 2.24) is 10.6 Å². The van der Waals surface area contributed by atoms with Crippen LogP contribution in [-0.4, -0.2) is 25.3 Å². The fraction of sp³-hybridized carbons (Fsp3) is 0.500. The van der Waals surface area contributed by atoms with Crippen LogP contribution in [0.1, 0.15) is 25.8 Å². The van der Waals surface area contributed by atoms with Crippen molar-refractivity contribution in [1.29, 1.82) is 0 Å². The van der Waals surface area contributed by atoms with Crippen LogP contribution in [0.3, 0.4) is 0 Å². The number of hydrogen-bond acceptors (Lipinski definition) is 4. The van der Waals surface area contributed by atoms with Crippen LogP contribution in [0.25, 0.3) is 0 Å². The summed E-state index contributed by atoms with van der Waals surface area (Å²) >= 11 is 3.50. The fourth-order valence-corrected chi connectivity index (χ4v) is 2.31. The largest absolute Gasteiger partial charge is 0.454 e. The normalized spacial score (nSPS) is 14.2. The van der Waals surface area contributed by atoms with Crippen molar-refractivity contribution >= 4 is 21.8 Å². The van der Waals surface area contributed by atoms with Crippen LogP contribution in [0, 0.1) is 0 Å². The van der Waals surface area contributed by atoms with Crippen LogP contribution < -0.4 is 20.1 Å². The third-order valence-electron chi connectivity index (χ3n) is 3.08. The molecule has 1 aromatic rings. The number of ether oxygens (including phenoxy) is 2. The molecular weight excluding hydrogens is 324 g/mol. The lowest BCUT2D eigenvalue weighted by Crippen LogP contribution is -2.42. The molecule has 1 amide bonds. The first-order chi connectivity index (χ1) is 9.61. The molecular formula is C14H19BrN2O3. The van der Waals surface area contributed by atoms with Gasteiger partial charge >= 0.3 is 0 Å². The van der Waals surface area contributed by atoms with Gasteiger partial charge in [-0.05, 0) is 31.0 Å². The third-order valence-corrected chi connectivity index (χ3v) is 3.82. The van der Waals surface area contributed by atoms with Crippen LogP contribution in [0.4, 0.5) is 0 Å². The van der Waals surface area contributed by atoms with Gasteiger partial charge in [0.05, 0.1) is 6.04 Å². The molecule has 0 aliphatic carbocycles. The Morgan fingerprint density at radius 2 is 2.10 bits per heavy atom. The summed E-state index contributed by atoms with van der Waals surface area (Å²) in [7, 11) is 0. The molecule has 2 rings (SSSR count). The van der Waals surface area contributed by atoms with E-state index in [1.807, 2.05) is 26.0 Å². The van der Waals surface area contributed by atoms with Crippen molar-refractivity contribution in [2.24, 2.45) is 0 Å². The molecule has 5 nitrogen and oxygen atoms in total. The number of halogens is 1. The summed E-state index contributed by atoms with van der Waals surface area (Å²) in [6, 6.07) is 3.58. The van der Waals surface area contributed by atoms with Crippen molar-refractivity contribution < 1.29 is 14.3 Å². The summed E-state index contributed by atoms with van der Waals surface area (Å²) < 4.78 is 11.6. The quantitative estimate of drug-likeness (QED) is 0.831. The Hall–Kier alpha value is -1.27. The molecule has 1 heterocycles. The van der Waals surface area contributed by atoms with E-state index in [1.165, 1.54) is 0 Å². The highest BCUT2D eigenvalue weighted by Gasteiger charge is 2.17. The Bertz CT molecular complexity index is 494. The maximum atomic E-state index is 11.8. The van der Waals surface area contributed by atoms with E-state index in [0.29, 0.717) is 13.1 Å². The highest BCUT2D eigenvalue weighted by atomic mass is 79.9. The summed E-state index contributed by atoms with van der Waals surface area (Å²) in [5.41, 5.74) is 1.03. The first-order valence-electron chi connectivity index (χ1n) is 6.71. The summed E-state index contributed by atoms with van der Waals surface area (Å²) in [5.74, 6) is 1.51. The van der Waals surface area contributed by atoms with Crippen molar-refractivity contribution in [3.8, 4) is 11.5 Å². The first kappa shape index (κ1) is 15.1. The third kappa shape index (κ3) is 3.64. The van der Waals surface area contributed by atoms with E-state index in [4.69, 9.17) is 9.47 Å². The zero-order valence-electron chi connectivity index (χ0n) is 11.7. The molecule has 6 heteroatoms. The predicted octanol–water partition coefficient (Wildman–Crippen LogP) is 2.18. The van der Waals surface area contributed by atoms with Crippen LogP contribution in [0.15, 0.2) is 16.6 Å². The van der Waals surface area contributed by atoms with Crippen molar-refractivity contribution in [2.45, 2.75) is 32.9 Å². The average molecular weight is 343 g/mol. The Labute approximate surface area is 127 Å². The van der Waals surface area contributed by atoms with E-state index in [1.54, 1.807) is 0 Å². The number of fused-ring (bicyclic) bond motifs is 1. The smallest absolute Gasteiger partial charge is 0.236 e. The first-order valence-corrected chi connectivity index (χ1v) is 7.50. The standard InChI is InChI=1S/C14H19BrN2O3/c1-3-4-16-14(18)9(2)17-7-10-5-12-13(6-11(10)15)20-8-19-12/h5-6,9,17H,3-4,7-8H2,1-2H3,(H,16,18). The van der Waals surface area contributed by atoms with E-state index < -0.39 is 0 Å². The zero-order chi connectivity index (χ0) is 14.5. The maximum absolute atomic E-state index is 11.8. The second kappa shape index (κ2) is 6.95. The van der Waals surface area contributed by atoms with E-state index >= 15 is 0 Å². The molecule has 2 N–H and O–H groups in total. The molecule has 0 aromatic heterocycles. The molecule has 110 valence electrons.